The number of nitrogens with zero attached hydrogens (tertiary/aromatic N) is 2. The van der Waals surface area contributed by atoms with Gasteiger partial charge < -0.3 is 10.6 Å². The van der Waals surface area contributed by atoms with Crippen molar-refractivity contribution >= 4 is 17.6 Å². The van der Waals surface area contributed by atoms with Crippen molar-refractivity contribution in [1.29, 1.82) is 0 Å². The molecule has 1 saturated carbocycles. The highest BCUT2D eigenvalue weighted by Crippen LogP contribution is 2.16. The van der Waals surface area contributed by atoms with Gasteiger partial charge in [-0.1, -0.05) is 25.7 Å². The van der Waals surface area contributed by atoms with Crippen LogP contribution in [0.2, 0.25) is 0 Å². The molecule has 0 atom stereocenters. The summed E-state index contributed by atoms with van der Waals surface area (Å²) >= 11 is 1.06. The summed E-state index contributed by atoms with van der Waals surface area (Å²) in [7, 11) is 0. The summed E-state index contributed by atoms with van der Waals surface area (Å²) in [6.07, 6.45) is 9.42. The first-order valence-corrected chi connectivity index (χ1v) is 7.38. The van der Waals surface area contributed by atoms with Gasteiger partial charge in [0.2, 0.25) is 0 Å². The van der Waals surface area contributed by atoms with Gasteiger partial charge in [0.25, 0.3) is 5.91 Å². The average molecular weight is 268 g/mol. The molecule has 0 bridgehead atoms. The van der Waals surface area contributed by atoms with E-state index in [1.807, 2.05) is 0 Å². The van der Waals surface area contributed by atoms with E-state index in [0.717, 1.165) is 18.3 Å². The van der Waals surface area contributed by atoms with Crippen LogP contribution in [0.15, 0.2) is 6.20 Å². The number of nitrogens with one attached hydrogen (secondary N) is 2. The van der Waals surface area contributed by atoms with Crippen LogP contribution in [0, 0.1) is 0 Å². The average Bonchev–Trinajstić information content (AvgIpc) is 2.80. The maximum Gasteiger partial charge on any atom is 0.272 e. The lowest BCUT2D eigenvalue weighted by Crippen LogP contribution is -2.36. The van der Waals surface area contributed by atoms with E-state index in [9.17, 15) is 4.79 Å². The molecule has 5 nitrogen and oxygen atoms in total. The molecule has 1 aliphatic rings. The largest absolute Gasteiger partial charge is 0.349 e. The predicted molar refractivity (Wildman–Crippen MR) is 71.7 cm³/mol. The molecule has 0 radical (unpaired) electrons. The van der Waals surface area contributed by atoms with Gasteiger partial charge in [0, 0.05) is 19.1 Å². The molecule has 1 fully saturated rings. The Morgan fingerprint density at radius 2 is 2.06 bits per heavy atom. The van der Waals surface area contributed by atoms with Crippen molar-refractivity contribution < 1.29 is 4.79 Å². The number of hydrogen-bond donors (Lipinski definition) is 2. The molecule has 2 rings (SSSR count). The van der Waals surface area contributed by atoms with Crippen molar-refractivity contribution in [3.8, 4) is 0 Å². The summed E-state index contributed by atoms with van der Waals surface area (Å²) < 4.78 is 7.70. The van der Waals surface area contributed by atoms with E-state index in [0.29, 0.717) is 18.3 Å². The molecule has 1 aliphatic carbocycles. The smallest absolute Gasteiger partial charge is 0.272 e. The van der Waals surface area contributed by atoms with Gasteiger partial charge in [-0.05, 0) is 12.8 Å². The summed E-state index contributed by atoms with van der Waals surface area (Å²) in [6.45, 7) is 1.47. The van der Waals surface area contributed by atoms with E-state index in [1.165, 1.54) is 44.7 Å². The third kappa shape index (κ3) is 4.34. The number of carbonyl (C=O) groups excluding carboxylic acids is 1. The van der Waals surface area contributed by atoms with Crippen LogP contribution in [0.1, 0.15) is 49.0 Å². The zero-order chi connectivity index (χ0) is 12.6. The first kappa shape index (κ1) is 13.4. The summed E-state index contributed by atoms with van der Waals surface area (Å²) in [5.41, 5.74) is 0.412. The Balaban J connectivity index is 1.59. The lowest BCUT2D eigenvalue weighted by molar-refractivity contribution is 0.0949. The number of amides is 1. The fourth-order valence-electron chi connectivity index (χ4n) is 2.29. The van der Waals surface area contributed by atoms with Crippen molar-refractivity contribution in [1.82, 2.24) is 19.4 Å². The molecule has 0 saturated heterocycles. The molecule has 0 spiro atoms. The molecule has 1 aromatic rings. The van der Waals surface area contributed by atoms with Crippen molar-refractivity contribution in [2.24, 2.45) is 0 Å². The van der Waals surface area contributed by atoms with Gasteiger partial charge in [0.1, 0.15) is 0 Å². The Bertz CT molecular complexity index is 347. The zero-order valence-corrected chi connectivity index (χ0v) is 11.3. The van der Waals surface area contributed by atoms with Gasteiger partial charge in [0.05, 0.1) is 17.9 Å². The van der Waals surface area contributed by atoms with Gasteiger partial charge in [-0.25, -0.2) is 0 Å². The maximum atomic E-state index is 11.6. The molecule has 0 aliphatic heterocycles. The minimum atomic E-state index is -0.133. The van der Waals surface area contributed by atoms with Crippen LogP contribution >= 0.6 is 11.7 Å². The minimum Gasteiger partial charge on any atom is -0.349 e. The summed E-state index contributed by atoms with van der Waals surface area (Å²) in [4.78, 5) is 11.6. The maximum absolute atomic E-state index is 11.6. The van der Waals surface area contributed by atoms with Gasteiger partial charge in [0.15, 0.2) is 5.69 Å². The van der Waals surface area contributed by atoms with Crippen LogP contribution in [-0.4, -0.2) is 33.8 Å². The fourth-order valence-corrected chi connectivity index (χ4v) is 2.70. The molecule has 0 aromatic carbocycles. The summed E-state index contributed by atoms with van der Waals surface area (Å²) in [5.74, 6) is -0.133. The molecule has 1 heterocycles. The van der Waals surface area contributed by atoms with Gasteiger partial charge in [-0.3, -0.25) is 4.79 Å². The van der Waals surface area contributed by atoms with E-state index >= 15 is 0 Å². The van der Waals surface area contributed by atoms with Crippen LogP contribution in [0.3, 0.4) is 0 Å². The Hall–Kier alpha value is -1.01. The number of hydrogen-bond acceptors (Lipinski definition) is 5. The van der Waals surface area contributed by atoms with Crippen molar-refractivity contribution in [3.63, 3.8) is 0 Å². The van der Waals surface area contributed by atoms with E-state index in [2.05, 4.69) is 19.4 Å². The molecule has 1 aromatic heterocycles. The molecule has 6 heteroatoms. The second-order valence-corrected chi connectivity index (χ2v) is 5.25. The quantitative estimate of drug-likeness (QED) is 0.628. The standard InChI is InChI=1S/C12H20N4OS/c17-12(11-9-15-18-16-11)14-8-7-13-10-5-3-1-2-4-6-10/h9-10,13H,1-8H2,(H,14,17). The monoisotopic (exact) mass is 268 g/mol. The Morgan fingerprint density at radius 3 is 2.72 bits per heavy atom. The van der Waals surface area contributed by atoms with Crippen LogP contribution in [0.4, 0.5) is 0 Å². The minimum absolute atomic E-state index is 0.133. The van der Waals surface area contributed by atoms with Crippen LogP contribution in [0.5, 0.6) is 0 Å². The molecule has 1 amide bonds. The lowest BCUT2D eigenvalue weighted by Gasteiger charge is -2.16. The molecular formula is C12H20N4OS. The Kier molecular flexibility index (Phi) is 5.54. The summed E-state index contributed by atoms with van der Waals surface area (Å²) in [5, 5.41) is 6.36. The molecule has 100 valence electrons. The van der Waals surface area contributed by atoms with Gasteiger partial charge >= 0.3 is 0 Å². The highest BCUT2D eigenvalue weighted by Gasteiger charge is 2.11. The third-order valence-corrected chi connectivity index (χ3v) is 3.77. The Labute approximate surface area is 112 Å². The van der Waals surface area contributed by atoms with Crippen LogP contribution in [-0.2, 0) is 0 Å². The van der Waals surface area contributed by atoms with Crippen molar-refractivity contribution in [2.75, 3.05) is 13.1 Å². The highest BCUT2D eigenvalue weighted by molar-refractivity contribution is 6.99. The summed E-state index contributed by atoms with van der Waals surface area (Å²) in [6, 6.07) is 0.630. The SMILES string of the molecule is O=C(NCCNC1CCCCCC1)c1cnsn1. The second-order valence-electron chi connectivity index (χ2n) is 4.69. The zero-order valence-electron chi connectivity index (χ0n) is 10.5. The van der Waals surface area contributed by atoms with E-state index in [4.69, 9.17) is 0 Å². The highest BCUT2D eigenvalue weighted by atomic mass is 32.1. The predicted octanol–water partition coefficient (Wildman–Crippen LogP) is 1.58. The van der Waals surface area contributed by atoms with Crippen molar-refractivity contribution in [2.45, 2.75) is 44.6 Å². The first-order valence-electron chi connectivity index (χ1n) is 6.65. The van der Waals surface area contributed by atoms with E-state index in [1.54, 1.807) is 0 Å². The van der Waals surface area contributed by atoms with Gasteiger partial charge in [-0.15, -0.1) is 0 Å². The number of rotatable bonds is 5. The normalized spacial score (nSPS) is 17.3. The van der Waals surface area contributed by atoms with E-state index in [-0.39, 0.29) is 5.91 Å². The lowest BCUT2D eigenvalue weighted by atomic mass is 10.1. The molecule has 2 N–H and O–H groups in total. The second kappa shape index (κ2) is 7.43. The topological polar surface area (TPSA) is 66.9 Å². The van der Waals surface area contributed by atoms with Crippen molar-refractivity contribution in [3.05, 3.63) is 11.9 Å². The molecule has 0 unspecified atom stereocenters. The Morgan fingerprint density at radius 1 is 1.28 bits per heavy atom. The molecule has 18 heavy (non-hydrogen) atoms. The van der Waals surface area contributed by atoms with E-state index < -0.39 is 0 Å². The van der Waals surface area contributed by atoms with Gasteiger partial charge in [-0.2, -0.15) is 8.75 Å². The number of aromatic nitrogens is 2. The molecular weight excluding hydrogens is 248 g/mol. The first-order chi connectivity index (χ1) is 8.86. The van der Waals surface area contributed by atoms with Crippen LogP contribution in [0.25, 0.3) is 0 Å². The van der Waals surface area contributed by atoms with Crippen LogP contribution < -0.4 is 10.6 Å². The third-order valence-electron chi connectivity index (χ3n) is 3.29. The number of carbonyl (C=O) groups is 1. The fraction of sp³-hybridized carbons (Fsp3) is 0.750.